The molecule has 1 atom stereocenters. The van der Waals surface area contributed by atoms with Crippen molar-refractivity contribution in [2.24, 2.45) is 0 Å². The van der Waals surface area contributed by atoms with Gasteiger partial charge in [-0.1, -0.05) is 6.07 Å². The summed E-state index contributed by atoms with van der Waals surface area (Å²) in [7, 11) is 0. The zero-order valence-corrected chi connectivity index (χ0v) is 23.1. The maximum absolute atomic E-state index is 13.4. The Bertz CT molecular complexity index is 1350. The molecule has 0 spiro atoms. The van der Waals surface area contributed by atoms with Crippen molar-refractivity contribution in [2.45, 2.75) is 57.6 Å². The number of piperazine rings is 1. The second-order valence-corrected chi connectivity index (χ2v) is 10.3. The molecule has 3 N–H and O–H groups in total. The zero-order chi connectivity index (χ0) is 29.7. The van der Waals surface area contributed by atoms with Crippen LogP contribution in [0.5, 0.6) is 5.75 Å². The molecule has 1 saturated carbocycles. The van der Waals surface area contributed by atoms with Gasteiger partial charge >= 0.3 is 18.0 Å². The van der Waals surface area contributed by atoms with E-state index in [1.54, 1.807) is 19.1 Å². The first kappa shape index (κ1) is 29.6. The molecule has 1 unspecified atom stereocenters. The minimum atomic E-state index is -1.39. The van der Waals surface area contributed by atoms with Crippen molar-refractivity contribution in [3.8, 4) is 5.75 Å². The average molecular weight is 571 g/mol. The van der Waals surface area contributed by atoms with Crippen LogP contribution in [0.2, 0.25) is 0 Å². The lowest BCUT2D eigenvalue weighted by molar-refractivity contribution is -0.163. The van der Waals surface area contributed by atoms with E-state index in [9.17, 15) is 34.2 Å². The molecule has 1 aromatic heterocycles. The summed E-state index contributed by atoms with van der Waals surface area (Å²) in [5, 5.41) is 22.2. The molecule has 1 aliphatic carbocycles. The number of nitrogens with one attached hydrogen (secondary N) is 1. The number of fused-ring (bicyclic) bond motifs is 1. The summed E-state index contributed by atoms with van der Waals surface area (Å²) < 4.78 is 11.0. The number of benzene rings is 1. The third kappa shape index (κ3) is 6.67. The van der Waals surface area contributed by atoms with E-state index in [1.165, 1.54) is 15.9 Å². The SMILES string of the molecule is CCOC(=O)N1CCN(C(=O)C(CCC(=O)O)NC(=O)c2cc(OC3(C(=O)O)CCC3)c3ccc(C)cc3n2)CC1. The van der Waals surface area contributed by atoms with Crippen molar-refractivity contribution < 1.29 is 43.7 Å². The molecule has 0 radical (unpaired) electrons. The summed E-state index contributed by atoms with van der Waals surface area (Å²) in [5.41, 5.74) is -0.214. The van der Waals surface area contributed by atoms with E-state index in [1.807, 2.05) is 13.0 Å². The van der Waals surface area contributed by atoms with Crippen molar-refractivity contribution in [1.82, 2.24) is 20.1 Å². The number of carboxylic acids is 2. The number of carbonyl (C=O) groups excluding carboxylic acids is 3. The van der Waals surface area contributed by atoms with Crippen LogP contribution in [0.3, 0.4) is 0 Å². The number of amides is 3. The first-order chi connectivity index (χ1) is 19.5. The third-order valence-electron chi connectivity index (χ3n) is 7.38. The molecule has 4 rings (SSSR count). The van der Waals surface area contributed by atoms with Gasteiger partial charge < -0.3 is 34.8 Å². The lowest BCUT2D eigenvalue weighted by atomic mass is 9.80. The fourth-order valence-corrected chi connectivity index (χ4v) is 4.88. The number of carbonyl (C=O) groups is 5. The van der Waals surface area contributed by atoms with Gasteiger partial charge in [-0.25, -0.2) is 14.6 Å². The quantitative estimate of drug-likeness (QED) is 0.384. The van der Waals surface area contributed by atoms with E-state index in [2.05, 4.69) is 10.3 Å². The molecule has 13 heteroatoms. The molecule has 2 aromatic rings. The summed E-state index contributed by atoms with van der Waals surface area (Å²) in [4.78, 5) is 69.5. The maximum Gasteiger partial charge on any atom is 0.409 e. The molecule has 1 aliphatic heterocycles. The lowest BCUT2D eigenvalue weighted by Crippen LogP contribution is -2.56. The number of pyridine rings is 1. The average Bonchev–Trinajstić information content (AvgIpc) is 2.91. The fourth-order valence-electron chi connectivity index (χ4n) is 4.88. The first-order valence-corrected chi connectivity index (χ1v) is 13.6. The first-order valence-electron chi connectivity index (χ1n) is 13.6. The van der Waals surface area contributed by atoms with Crippen LogP contribution in [0.15, 0.2) is 24.3 Å². The molecule has 3 amide bonds. The molecule has 13 nitrogen and oxygen atoms in total. The highest BCUT2D eigenvalue weighted by Gasteiger charge is 2.47. The number of hydrogen-bond acceptors (Lipinski definition) is 8. The van der Waals surface area contributed by atoms with Crippen LogP contribution in [0.25, 0.3) is 10.9 Å². The van der Waals surface area contributed by atoms with Gasteiger partial charge in [-0.15, -0.1) is 0 Å². The second kappa shape index (κ2) is 12.4. The summed E-state index contributed by atoms with van der Waals surface area (Å²) in [6.07, 6.45) is 0.361. The standard InChI is InChI=1S/C28H34N4O9/c1-3-40-27(39)32-13-11-31(12-14-32)25(36)19(7-8-23(33)34)30-24(35)21-16-22(41-28(26(37)38)9-4-10-28)18-6-5-17(2)15-20(18)29-21/h5-6,15-16,19H,3-4,7-14H2,1-2H3,(H,30,35)(H,33,34)(H,37,38). The molecular weight excluding hydrogens is 536 g/mol. The summed E-state index contributed by atoms with van der Waals surface area (Å²) in [6.45, 7) is 4.64. The molecule has 220 valence electrons. The van der Waals surface area contributed by atoms with Gasteiger partial charge in [0, 0.05) is 44.1 Å². The zero-order valence-electron chi connectivity index (χ0n) is 23.1. The van der Waals surface area contributed by atoms with Crippen LogP contribution >= 0.6 is 0 Å². The Balaban J connectivity index is 1.56. The van der Waals surface area contributed by atoms with Crippen molar-refractivity contribution in [3.63, 3.8) is 0 Å². The summed E-state index contributed by atoms with van der Waals surface area (Å²) in [5.74, 6) is -3.24. The van der Waals surface area contributed by atoms with Crippen molar-refractivity contribution in [2.75, 3.05) is 32.8 Å². The van der Waals surface area contributed by atoms with Crippen LogP contribution in [0.1, 0.15) is 55.1 Å². The Kier molecular flexibility index (Phi) is 8.94. The number of aryl methyl sites for hydroxylation is 1. The van der Waals surface area contributed by atoms with Gasteiger partial charge in [-0.05, 0) is 57.2 Å². The molecule has 2 heterocycles. The second-order valence-electron chi connectivity index (χ2n) is 10.3. The van der Waals surface area contributed by atoms with Gasteiger partial charge in [0.25, 0.3) is 5.91 Å². The monoisotopic (exact) mass is 570 g/mol. The van der Waals surface area contributed by atoms with E-state index in [0.717, 1.165) is 5.56 Å². The minimum Gasteiger partial charge on any atom is -0.481 e. The number of nitrogens with zero attached hydrogens (tertiary/aromatic N) is 3. The van der Waals surface area contributed by atoms with E-state index >= 15 is 0 Å². The highest BCUT2D eigenvalue weighted by Crippen LogP contribution is 2.39. The Hall–Kier alpha value is -4.42. The number of rotatable bonds is 10. The Morgan fingerprint density at radius 2 is 1.73 bits per heavy atom. The molecule has 41 heavy (non-hydrogen) atoms. The van der Waals surface area contributed by atoms with Crippen molar-refractivity contribution in [3.05, 3.63) is 35.5 Å². The maximum atomic E-state index is 13.4. The molecule has 0 bridgehead atoms. The Morgan fingerprint density at radius 1 is 1.05 bits per heavy atom. The van der Waals surface area contributed by atoms with Crippen molar-refractivity contribution >= 4 is 40.7 Å². The van der Waals surface area contributed by atoms with E-state index < -0.39 is 41.5 Å². The Morgan fingerprint density at radius 3 is 2.32 bits per heavy atom. The number of aliphatic carboxylic acids is 2. The molecular formula is C28H34N4O9. The molecule has 2 fully saturated rings. The molecule has 1 aromatic carbocycles. The van der Waals surface area contributed by atoms with Crippen LogP contribution in [0.4, 0.5) is 4.79 Å². The molecule has 1 saturated heterocycles. The highest BCUT2D eigenvalue weighted by molar-refractivity contribution is 5.99. The fraction of sp³-hybridized carbons (Fsp3) is 0.500. The van der Waals surface area contributed by atoms with E-state index in [4.69, 9.17) is 9.47 Å². The molecule has 2 aliphatic rings. The van der Waals surface area contributed by atoms with Gasteiger partial charge in [-0.2, -0.15) is 0 Å². The van der Waals surface area contributed by atoms with Crippen LogP contribution in [-0.4, -0.2) is 99.3 Å². The Labute approximate surface area is 236 Å². The third-order valence-corrected chi connectivity index (χ3v) is 7.38. The smallest absolute Gasteiger partial charge is 0.409 e. The van der Waals surface area contributed by atoms with Gasteiger partial charge in [0.05, 0.1) is 12.1 Å². The van der Waals surface area contributed by atoms with Crippen LogP contribution < -0.4 is 10.1 Å². The summed E-state index contributed by atoms with van der Waals surface area (Å²) in [6, 6.07) is 5.51. The topological polar surface area (TPSA) is 176 Å². The normalized spacial score (nSPS) is 16.8. The van der Waals surface area contributed by atoms with Gasteiger partial charge in [0.1, 0.15) is 17.5 Å². The predicted molar refractivity (Wildman–Crippen MR) is 145 cm³/mol. The lowest BCUT2D eigenvalue weighted by Gasteiger charge is -2.38. The van der Waals surface area contributed by atoms with Crippen LogP contribution in [-0.2, 0) is 19.1 Å². The number of hydrogen-bond donors (Lipinski definition) is 3. The largest absolute Gasteiger partial charge is 0.481 e. The number of ether oxygens (including phenoxy) is 2. The van der Waals surface area contributed by atoms with E-state index in [-0.39, 0.29) is 57.1 Å². The van der Waals surface area contributed by atoms with Gasteiger partial charge in [-0.3, -0.25) is 14.4 Å². The minimum absolute atomic E-state index is 0.0989. The summed E-state index contributed by atoms with van der Waals surface area (Å²) >= 11 is 0. The van der Waals surface area contributed by atoms with Gasteiger partial charge in [0.2, 0.25) is 11.5 Å². The highest BCUT2D eigenvalue weighted by atomic mass is 16.6. The van der Waals surface area contributed by atoms with Gasteiger partial charge in [0.15, 0.2) is 0 Å². The van der Waals surface area contributed by atoms with Crippen molar-refractivity contribution in [1.29, 1.82) is 0 Å². The number of aromatic nitrogens is 1. The van der Waals surface area contributed by atoms with E-state index in [0.29, 0.717) is 30.2 Å². The predicted octanol–water partition coefficient (Wildman–Crippen LogP) is 2.19. The van der Waals surface area contributed by atoms with Crippen LogP contribution in [0, 0.1) is 6.92 Å². The number of carboxylic acid groups (broad SMARTS) is 2.